The van der Waals surface area contributed by atoms with Gasteiger partial charge >= 0.3 is 5.97 Å². The third kappa shape index (κ3) is 1.98. The zero-order valence-corrected chi connectivity index (χ0v) is 11.7. The van der Waals surface area contributed by atoms with E-state index in [0.29, 0.717) is 35.7 Å². The fourth-order valence-corrected chi connectivity index (χ4v) is 2.68. The van der Waals surface area contributed by atoms with Crippen molar-refractivity contribution in [2.75, 3.05) is 21.3 Å². The van der Waals surface area contributed by atoms with Crippen LogP contribution in [-0.2, 0) is 10.2 Å². The predicted molar refractivity (Wildman–Crippen MR) is 69.7 cm³/mol. The van der Waals surface area contributed by atoms with E-state index in [2.05, 4.69) is 0 Å². The highest BCUT2D eigenvalue weighted by molar-refractivity contribution is 6.34. The van der Waals surface area contributed by atoms with Crippen molar-refractivity contribution in [2.45, 2.75) is 18.3 Å². The maximum absolute atomic E-state index is 11.5. The number of benzene rings is 1. The number of carboxylic acids is 1. The Balaban J connectivity index is 2.69. The van der Waals surface area contributed by atoms with E-state index in [1.54, 1.807) is 6.07 Å². The van der Waals surface area contributed by atoms with E-state index >= 15 is 0 Å². The topological polar surface area (TPSA) is 65.0 Å². The van der Waals surface area contributed by atoms with Crippen LogP contribution in [-0.4, -0.2) is 32.4 Å². The van der Waals surface area contributed by atoms with E-state index in [0.717, 1.165) is 0 Å². The van der Waals surface area contributed by atoms with Gasteiger partial charge in [-0.2, -0.15) is 0 Å². The summed E-state index contributed by atoms with van der Waals surface area (Å²) < 4.78 is 15.6. The Hall–Kier alpha value is -1.62. The minimum Gasteiger partial charge on any atom is -0.496 e. The van der Waals surface area contributed by atoms with Crippen molar-refractivity contribution in [3.8, 4) is 17.2 Å². The summed E-state index contributed by atoms with van der Waals surface area (Å²) in [6, 6.07) is 1.60. The highest BCUT2D eigenvalue weighted by Gasteiger charge is 2.55. The molecule has 2 rings (SSSR count). The van der Waals surface area contributed by atoms with E-state index in [9.17, 15) is 9.90 Å². The Bertz CT molecular complexity index is 522. The summed E-state index contributed by atoms with van der Waals surface area (Å²) in [5, 5.41) is 9.64. The van der Waals surface area contributed by atoms with Gasteiger partial charge in [-0.1, -0.05) is 11.6 Å². The molecule has 0 bridgehead atoms. The standard InChI is InChI=1S/C13H15ClO5/c1-17-7-6-8(18-2)11(19-3)10(14)9(7)13(4-5-13)12(15)16/h6H,4-5H2,1-3H3,(H,15,16). The Morgan fingerprint density at radius 1 is 1.21 bits per heavy atom. The van der Waals surface area contributed by atoms with Crippen LogP contribution in [0.4, 0.5) is 0 Å². The monoisotopic (exact) mass is 286 g/mol. The zero-order chi connectivity index (χ0) is 14.2. The first-order chi connectivity index (χ1) is 9.01. The molecule has 19 heavy (non-hydrogen) atoms. The molecule has 0 aliphatic heterocycles. The molecular formula is C13H15ClO5. The molecule has 0 saturated heterocycles. The van der Waals surface area contributed by atoms with Crippen LogP contribution in [0.3, 0.4) is 0 Å². The molecule has 0 unspecified atom stereocenters. The van der Waals surface area contributed by atoms with Crippen LogP contribution in [0.25, 0.3) is 0 Å². The van der Waals surface area contributed by atoms with Crippen molar-refractivity contribution in [3.05, 3.63) is 16.7 Å². The molecule has 0 amide bonds. The first kappa shape index (κ1) is 13.8. The Morgan fingerprint density at radius 2 is 1.79 bits per heavy atom. The van der Waals surface area contributed by atoms with Crippen LogP contribution < -0.4 is 14.2 Å². The van der Waals surface area contributed by atoms with Gasteiger partial charge in [0.2, 0.25) is 0 Å². The lowest BCUT2D eigenvalue weighted by Gasteiger charge is -2.20. The van der Waals surface area contributed by atoms with E-state index in [4.69, 9.17) is 25.8 Å². The van der Waals surface area contributed by atoms with Crippen LogP contribution in [0.1, 0.15) is 18.4 Å². The third-order valence-electron chi connectivity index (χ3n) is 3.43. The molecule has 1 aromatic rings. The largest absolute Gasteiger partial charge is 0.496 e. The second-order valence-corrected chi connectivity index (χ2v) is 4.77. The van der Waals surface area contributed by atoms with Crippen LogP contribution in [0.15, 0.2) is 6.07 Å². The van der Waals surface area contributed by atoms with Gasteiger partial charge in [-0.15, -0.1) is 0 Å². The van der Waals surface area contributed by atoms with Crippen molar-refractivity contribution in [1.82, 2.24) is 0 Å². The minimum absolute atomic E-state index is 0.235. The molecule has 1 aliphatic carbocycles. The molecular weight excluding hydrogens is 272 g/mol. The molecule has 0 heterocycles. The first-order valence-electron chi connectivity index (χ1n) is 5.74. The summed E-state index contributed by atoms with van der Waals surface area (Å²) in [6.45, 7) is 0. The lowest BCUT2D eigenvalue weighted by atomic mass is 9.94. The summed E-state index contributed by atoms with van der Waals surface area (Å²) in [5.74, 6) is 0.240. The second kappa shape index (κ2) is 4.81. The Labute approximate surface area is 116 Å². The lowest BCUT2D eigenvalue weighted by molar-refractivity contribution is -0.140. The van der Waals surface area contributed by atoms with Gasteiger partial charge in [0.25, 0.3) is 0 Å². The van der Waals surface area contributed by atoms with E-state index < -0.39 is 11.4 Å². The van der Waals surface area contributed by atoms with Gasteiger partial charge in [0.1, 0.15) is 5.75 Å². The lowest BCUT2D eigenvalue weighted by Crippen LogP contribution is -2.21. The number of hydrogen-bond donors (Lipinski definition) is 1. The molecule has 5 nitrogen and oxygen atoms in total. The first-order valence-corrected chi connectivity index (χ1v) is 6.12. The number of methoxy groups -OCH3 is 3. The predicted octanol–water partition coefficient (Wildman–Crippen LogP) is 2.48. The zero-order valence-electron chi connectivity index (χ0n) is 10.9. The molecule has 1 aliphatic rings. The quantitative estimate of drug-likeness (QED) is 0.901. The normalized spacial score (nSPS) is 15.8. The van der Waals surface area contributed by atoms with Crippen molar-refractivity contribution in [3.63, 3.8) is 0 Å². The highest BCUT2D eigenvalue weighted by atomic mass is 35.5. The van der Waals surface area contributed by atoms with E-state index in [-0.39, 0.29) is 5.02 Å². The average Bonchev–Trinajstić information content (AvgIpc) is 3.18. The molecule has 0 atom stereocenters. The molecule has 1 aromatic carbocycles. The minimum atomic E-state index is -0.970. The van der Waals surface area contributed by atoms with Crippen molar-refractivity contribution < 1.29 is 24.1 Å². The highest BCUT2D eigenvalue weighted by Crippen LogP contribution is 2.57. The summed E-state index contributed by atoms with van der Waals surface area (Å²) in [4.78, 5) is 11.5. The molecule has 1 saturated carbocycles. The fraction of sp³-hybridized carbons (Fsp3) is 0.462. The molecule has 1 fully saturated rings. The van der Waals surface area contributed by atoms with Crippen molar-refractivity contribution >= 4 is 17.6 Å². The van der Waals surface area contributed by atoms with Crippen LogP contribution in [0, 0.1) is 0 Å². The average molecular weight is 287 g/mol. The summed E-state index contributed by atoms with van der Waals surface area (Å²) in [5.41, 5.74) is -0.510. The van der Waals surface area contributed by atoms with Crippen LogP contribution in [0.5, 0.6) is 17.2 Å². The van der Waals surface area contributed by atoms with E-state index in [1.807, 2.05) is 0 Å². The number of halogens is 1. The van der Waals surface area contributed by atoms with Gasteiger partial charge in [0, 0.05) is 11.6 Å². The van der Waals surface area contributed by atoms with E-state index in [1.165, 1.54) is 21.3 Å². The number of ether oxygens (including phenoxy) is 3. The molecule has 0 spiro atoms. The number of hydrogen-bond acceptors (Lipinski definition) is 4. The van der Waals surface area contributed by atoms with Crippen molar-refractivity contribution in [2.24, 2.45) is 0 Å². The van der Waals surface area contributed by atoms with Crippen LogP contribution in [0.2, 0.25) is 5.02 Å². The van der Waals surface area contributed by atoms with Gasteiger partial charge < -0.3 is 19.3 Å². The molecule has 1 N–H and O–H groups in total. The number of carbonyl (C=O) groups is 1. The van der Waals surface area contributed by atoms with Gasteiger partial charge in [-0.25, -0.2) is 0 Å². The number of aliphatic carboxylic acids is 1. The number of rotatable bonds is 5. The van der Waals surface area contributed by atoms with Crippen LogP contribution >= 0.6 is 11.6 Å². The van der Waals surface area contributed by atoms with Gasteiger partial charge in [0.15, 0.2) is 11.5 Å². The number of carboxylic acid groups (broad SMARTS) is 1. The molecule has 104 valence electrons. The fourth-order valence-electron chi connectivity index (χ4n) is 2.23. The van der Waals surface area contributed by atoms with Crippen molar-refractivity contribution in [1.29, 1.82) is 0 Å². The molecule has 6 heteroatoms. The molecule has 0 radical (unpaired) electrons. The second-order valence-electron chi connectivity index (χ2n) is 4.39. The Morgan fingerprint density at radius 3 is 2.16 bits per heavy atom. The van der Waals surface area contributed by atoms with Gasteiger partial charge in [0.05, 0.1) is 31.8 Å². The Kier molecular flexibility index (Phi) is 3.49. The smallest absolute Gasteiger partial charge is 0.314 e. The van der Waals surface area contributed by atoms with Gasteiger partial charge in [-0.05, 0) is 12.8 Å². The summed E-state index contributed by atoms with van der Waals surface area (Å²) in [6.07, 6.45) is 1.07. The maximum Gasteiger partial charge on any atom is 0.314 e. The summed E-state index contributed by atoms with van der Waals surface area (Å²) in [7, 11) is 4.41. The molecule has 0 aromatic heterocycles. The third-order valence-corrected chi connectivity index (χ3v) is 3.79. The maximum atomic E-state index is 11.5. The summed E-state index contributed by atoms with van der Waals surface area (Å²) >= 11 is 6.30. The van der Waals surface area contributed by atoms with Gasteiger partial charge in [-0.3, -0.25) is 4.79 Å². The SMILES string of the molecule is COc1cc(OC)c(C2(C(=O)O)CC2)c(Cl)c1OC.